The number of carbonyl (C=O) groups is 1. The predicted octanol–water partition coefficient (Wildman–Crippen LogP) is 4.01. The Bertz CT molecular complexity index is 630. The van der Waals surface area contributed by atoms with Gasteiger partial charge in [0, 0.05) is 10.4 Å². The number of ether oxygens (including phenoxy) is 1. The number of amides is 1. The molecule has 2 rings (SSSR count). The molecule has 0 saturated carbocycles. The Balaban J connectivity index is 1.75. The SMILES string of the molecule is CCc1nc(C(C)NC(=O)CCOc2cccc(Cl)c2)cs1. The van der Waals surface area contributed by atoms with E-state index < -0.39 is 0 Å². The largest absolute Gasteiger partial charge is 0.493 e. The van der Waals surface area contributed by atoms with Crippen LogP contribution < -0.4 is 10.1 Å². The van der Waals surface area contributed by atoms with Crippen molar-refractivity contribution >= 4 is 28.8 Å². The molecule has 0 saturated heterocycles. The minimum atomic E-state index is -0.0878. The van der Waals surface area contributed by atoms with Crippen LogP contribution in [0.3, 0.4) is 0 Å². The van der Waals surface area contributed by atoms with Crippen LogP contribution in [-0.2, 0) is 11.2 Å². The quantitative estimate of drug-likeness (QED) is 0.830. The van der Waals surface area contributed by atoms with Crippen molar-refractivity contribution in [3.05, 3.63) is 45.4 Å². The summed E-state index contributed by atoms with van der Waals surface area (Å²) in [5.74, 6) is 0.612. The van der Waals surface area contributed by atoms with Gasteiger partial charge in [-0.15, -0.1) is 11.3 Å². The summed E-state index contributed by atoms with van der Waals surface area (Å²) in [4.78, 5) is 16.4. The summed E-state index contributed by atoms with van der Waals surface area (Å²) >= 11 is 7.49. The molecule has 0 fully saturated rings. The fourth-order valence-electron chi connectivity index (χ4n) is 1.89. The molecule has 4 nitrogen and oxygen atoms in total. The molecule has 0 radical (unpaired) electrons. The number of hydrogen-bond acceptors (Lipinski definition) is 4. The van der Waals surface area contributed by atoms with Crippen LogP contribution in [0.25, 0.3) is 0 Å². The molecule has 118 valence electrons. The maximum atomic E-state index is 11.9. The van der Waals surface area contributed by atoms with Gasteiger partial charge >= 0.3 is 0 Å². The van der Waals surface area contributed by atoms with Crippen molar-refractivity contribution in [1.29, 1.82) is 0 Å². The fraction of sp³-hybridized carbons (Fsp3) is 0.375. The van der Waals surface area contributed by atoms with Crippen LogP contribution in [-0.4, -0.2) is 17.5 Å². The van der Waals surface area contributed by atoms with Gasteiger partial charge in [0.15, 0.2) is 0 Å². The lowest BCUT2D eigenvalue weighted by molar-refractivity contribution is -0.122. The van der Waals surface area contributed by atoms with E-state index in [2.05, 4.69) is 17.2 Å². The Morgan fingerprint density at radius 2 is 2.32 bits per heavy atom. The van der Waals surface area contributed by atoms with Crippen molar-refractivity contribution < 1.29 is 9.53 Å². The molecule has 2 aromatic rings. The van der Waals surface area contributed by atoms with Crippen LogP contribution in [0.4, 0.5) is 0 Å². The zero-order valence-electron chi connectivity index (χ0n) is 12.6. The Kier molecular flexibility index (Phi) is 6.21. The third-order valence-electron chi connectivity index (χ3n) is 3.09. The number of benzene rings is 1. The molecule has 0 aliphatic heterocycles. The van der Waals surface area contributed by atoms with E-state index in [-0.39, 0.29) is 11.9 Å². The third kappa shape index (κ3) is 5.00. The van der Waals surface area contributed by atoms with Crippen LogP contribution in [0.15, 0.2) is 29.6 Å². The van der Waals surface area contributed by atoms with Gasteiger partial charge in [-0.25, -0.2) is 4.98 Å². The van der Waals surface area contributed by atoms with E-state index in [0.717, 1.165) is 17.1 Å². The molecule has 1 N–H and O–H groups in total. The number of halogens is 1. The molecule has 1 unspecified atom stereocenters. The average molecular weight is 339 g/mol. The summed E-state index contributed by atoms with van der Waals surface area (Å²) in [6.07, 6.45) is 1.21. The number of carbonyl (C=O) groups excluding carboxylic acids is 1. The van der Waals surface area contributed by atoms with Crippen molar-refractivity contribution in [2.24, 2.45) is 0 Å². The smallest absolute Gasteiger partial charge is 0.223 e. The summed E-state index contributed by atoms with van der Waals surface area (Å²) in [5.41, 5.74) is 0.908. The first-order valence-corrected chi connectivity index (χ1v) is 8.46. The zero-order chi connectivity index (χ0) is 15.9. The lowest BCUT2D eigenvalue weighted by Gasteiger charge is -2.12. The second-order valence-corrected chi connectivity index (χ2v) is 6.24. The lowest BCUT2D eigenvalue weighted by atomic mass is 10.2. The first kappa shape index (κ1) is 16.8. The van der Waals surface area contributed by atoms with Crippen molar-refractivity contribution in [3.8, 4) is 5.75 Å². The Labute approximate surface area is 139 Å². The number of hydrogen-bond donors (Lipinski definition) is 1. The number of nitrogens with one attached hydrogen (secondary N) is 1. The number of rotatable bonds is 7. The zero-order valence-corrected chi connectivity index (χ0v) is 14.2. The molecule has 6 heteroatoms. The fourth-order valence-corrected chi connectivity index (χ4v) is 2.91. The summed E-state index contributed by atoms with van der Waals surface area (Å²) in [5, 5.41) is 6.62. The maximum absolute atomic E-state index is 11.9. The molecule has 0 aliphatic rings. The van der Waals surface area contributed by atoms with Gasteiger partial charge in [0.05, 0.1) is 29.8 Å². The van der Waals surface area contributed by atoms with Crippen LogP contribution >= 0.6 is 22.9 Å². The highest BCUT2D eigenvalue weighted by atomic mass is 35.5. The number of aromatic nitrogens is 1. The second kappa shape index (κ2) is 8.15. The molecular weight excluding hydrogens is 320 g/mol. The maximum Gasteiger partial charge on any atom is 0.223 e. The van der Waals surface area contributed by atoms with E-state index >= 15 is 0 Å². The molecule has 0 bridgehead atoms. The van der Waals surface area contributed by atoms with Crippen molar-refractivity contribution in [1.82, 2.24) is 10.3 Å². The van der Waals surface area contributed by atoms with Gasteiger partial charge in [0.25, 0.3) is 0 Å². The first-order valence-electron chi connectivity index (χ1n) is 7.20. The van der Waals surface area contributed by atoms with E-state index in [1.54, 1.807) is 23.5 Å². The standard InChI is InChI=1S/C16H19ClN2O2S/c1-3-16-19-14(10-22-16)11(2)18-15(20)7-8-21-13-6-4-5-12(17)9-13/h4-6,9-11H,3,7-8H2,1-2H3,(H,18,20). The lowest BCUT2D eigenvalue weighted by Crippen LogP contribution is -2.28. The van der Waals surface area contributed by atoms with Crippen LogP contribution in [0.2, 0.25) is 5.02 Å². The average Bonchev–Trinajstić information content (AvgIpc) is 2.96. The first-order chi connectivity index (χ1) is 10.6. The van der Waals surface area contributed by atoms with E-state index in [9.17, 15) is 4.79 Å². The van der Waals surface area contributed by atoms with Gasteiger partial charge in [-0.2, -0.15) is 0 Å². The minimum absolute atomic E-state index is 0.0550. The number of nitrogens with zero attached hydrogens (tertiary/aromatic N) is 1. The van der Waals surface area contributed by atoms with Gasteiger partial charge in [-0.3, -0.25) is 4.79 Å². The van der Waals surface area contributed by atoms with E-state index in [0.29, 0.717) is 23.8 Å². The summed E-state index contributed by atoms with van der Waals surface area (Å²) < 4.78 is 5.51. The summed E-state index contributed by atoms with van der Waals surface area (Å²) in [7, 11) is 0. The molecular formula is C16H19ClN2O2S. The third-order valence-corrected chi connectivity index (χ3v) is 4.33. The molecule has 0 spiro atoms. The van der Waals surface area contributed by atoms with Crippen LogP contribution in [0.1, 0.15) is 37.0 Å². The number of thiazole rings is 1. The topological polar surface area (TPSA) is 51.2 Å². The highest BCUT2D eigenvalue weighted by Crippen LogP contribution is 2.18. The molecule has 1 amide bonds. The van der Waals surface area contributed by atoms with E-state index in [1.165, 1.54) is 0 Å². The van der Waals surface area contributed by atoms with Crippen LogP contribution in [0, 0.1) is 0 Å². The second-order valence-electron chi connectivity index (χ2n) is 4.86. The van der Waals surface area contributed by atoms with Gasteiger partial charge < -0.3 is 10.1 Å². The molecule has 22 heavy (non-hydrogen) atoms. The van der Waals surface area contributed by atoms with Gasteiger partial charge in [0.2, 0.25) is 5.91 Å². The Morgan fingerprint density at radius 1 is 1.50 bits per heavy atom. The molecule has 1 atom stereocenters. The molecule has 1 aromatic carbocycles. The number of aryl methyl sites for hydroxylation is 1. The van der Waals surface area contributed by atoms with Gasteiger partial charge in [0.1, 0.15) is 5.75 Å². The van der Waals surface area contributed by atoms with E-state index in [1.807, 2.05) is 24.4 Å². The molecule has 1 aromatic heterocycles. The Morgan fingerprint density at radius 3 is 3.00 bits per heavy atom. The van der Waals surface area contributed by atoms with Gasteiger partial charge in [-0.1, -0.05) is 24.6 Å². The highest BCUT2D eigenvalue weighted by molar-refractivity contribution is 7.09. The highest BCUT2D eigenvalue weighted by Gasteiger charge is 2.12. The summed E-state index contributed by atoms with van der Waals surface area (Å²) in [6, 6.07) is 7.04. The minimum Gasteiger partial charge on any atom is -0.493 e. The normalized spacial score (nSPS) is 12.0. The van der Waals surface area contributed by atoms with Gasteiger partial charge in [-0.05, 0) is 31.5 Å². The van der Waals surface area contributed by atoms with Crippen molar-refractivity contribution in [2.45, 2.75) is 32.7 Å². The monoisotopic (exact) mass is 338 g/mol. The Hall–Kier alpha value is -1.59. The summed E-state index contributed by atoms with van der Waals surface area (Å²) in [6.45, 7) is 4.32. The predicted molar refractivity (Wildman–Crippen MR) is 89.6 cm³/mol. The molecule has 0 aliphatic carbocycles. The van der Waals surface area contributed by atoms with Crippen LogP contribution in [0.5, 0.6) is 5.75 Å². The molecule has 1 heterocycles. The van der Waals surface area contributed by atoms with Crippen molar-refractivity contribution in [3.63, 3.8) is 0 Å². The van der Waals surface area contributed by atoms with Crippen molar-refractivity contribution in [2.75, 3.05) is 6.61 Å². The van der Waals surface area contributed by atoms with E-state index in [4.69, 9.17) is 16.3 Å².